The van der Waals surface area contributed by atoms with Crippen molar-refractivity contribution < 1.29 is 4.79 Å². The van der Waals surface area contributed by atoms with Crippen LogP contribution in [0.4, 0.5) is 0 Å². The molecule has 2 rings (SSSR count). The summed E-state index contributed by atoms with van der Waals surface area (Å²) in [4.78, 5) is 13.2. The predicted molar refractivity (Wildman–Crippen MR) is 70.6 cm³/mol. The molecule has 0 saturated carbocycles. The smallest absolute Gasteiger partial charge is 0.137 e. The molecule has 92 valence electrons. The second-order valence-electron chi connectivity index (χ2n) is 4.42. The van der Waals surface area contributed by atoms with Crippen molar-refractivity contribution in [3.05, 3.63) is 33.8 Å². The Balaban J connectivity index is 2.08. The van der Waals surface area contributed by atoms with Gasteiger partial charge in [-0.2, -0.15) is 0 Å². The van der Waals surface area contributed by atoms with Gasteiger partial charge >= 0.3 is 0 Å². The summed E-state index contributed by atoms with van der Waals surface area (Å²) < 4.78 is 0. The summed E-state index contributed by atoms with van der Waals surface area (Å²) in [5.74, 6) is 0. The van der Waals surface area contributed by atoms with E-state index < -0.39 is 0 Å². The average Bonchev–Trinajstić information content (AvgIpc) is 2.34. The molecule has 0 spiro atoms. The minimum absolute atomic E-state index is 0.0539. The molecule has 0 radical (unpaired) electrons. The number of hydrogen-bond acceptors (Lipinski definition) is 2. The molecule has 1 aromatic carbocycles. The van der Waals surface area contributed by atoms with Crippen molar-refractivity contribution in [2.45, 2.75) is 31.8 Å². The lowest BCUT2D eigenvalue weighted by atomic mass is 10.0. The number of carbonyl (C=O) groups is 1. The number of rotatable bonds is 3. The number of piperidine rings is 1. The Morgan fingerprint density at radius 1 is 1.29 bits per heavy atom. The van der Waals surface area contributed by atoms with Gasteiger partial charge in [0.05, 0.1) is 16.1 Å². The van der Waals surface area contributed by atoms with Gasteiger partial charge in [-0.25, -0.2) is 0 Å². The van der Waals surface area contributed by atoms with E-state index in [1.807, 2.05) is 12.1 Å². The molecular weight excluding hydrogens is 257 g/mol. The number of benzene rings is 1. The van der Waals surface area contributed by atoms with E-state index >= 15 is 0 Å². The van der Waals surface area contributed by atoms with E-state index in [0.717, 1.165) is 44.2 Å². The molecule has 0 aromatic heterocycles. The van der Waals surface area contributed by atoms with E-state index in [1.54, 1.807) is 6.07 Å². The highest BCUT2D eigenvalue weighted by Crippen LogP contribution is 2.25. The lowest BCUT2D eigenvalue weighted by Gasteiger charge is -2.32. The fraction of sp³-hybridized carbons (Fsp3) is 0.462. The number of likely N-dealkylation sites (tertiary alicyclic amines) is 1. The van der Waals surface area contributed by atoms with Gasteiger partial charge < -0.3 is 4.79 Å². The maximum absolute atomic E-state index is 11.0. The van der Waals surface area contributed by atoms with E-state index in [0.29, 0.717) is 10.0 Å². The summed E-state index contributed by atoms with van der Waals surface area (Å²) in [6, 6.07) is 5.70. The summed E-state index contributed by atoms with van der Waals surface area (Å²) in [6.07, 6.45) is 4.31. The highest BCUT2D eigenvalue weighted by Gasteiger charge is 2.21. The van der Waals surface area contributed by atoms with Crippen molar-refractivity contribution in [2.75, 3.05) is 6.54 Å². The van der Waals surface area contributed by atoms with Crippen molar-refractivity contribution in [1.29, 1.82) is 0 Å². The van der Waals surface area contributed by atoms with Crippen molar-refractivity contribution in [3.63, 3.8) is 0 Å². The van der Waals surface area contributed by atoms with Gasteiger partial charge in [0.25, 0.3) is 0 Å². The van der Waals surface area contributed by atoms with Gasteiger partial charge in [-0.15, -0.1) is 0 Å². The molecule has 2 nitrogen and oxygen atoms in total. The molecular formula is C13H15Cl2NO. The van der Waals surface area contributed by atoms with Crippen LogP contribution in [-0.4, -0.2) is 23.8 Å². The SMILES string of the molecule is O=C[C@@H]1CCCCN1Cc1ccc(Cl)c(Cl)c1. The fourth-order valence-corrected chi connectivity index (χ4v) is 2.56. The fourth-order valence-electron chi connectivity index (χ4n) is 2.24. The predicted octanol–water partition coefficient (Wildman–Crippen LogP) is 3.55. The Kier molecular flexibility index (Phi) is 4.43. The monoisotopic (exact) mass is 271 g/mol. The first-order valence-corrected chi connectivity index (χ1v) is 6.59. The molecule has 4 heteroatoms. The molecule has 1 fully saturated rings. The van der Waals surface area contributed by atoms with E-state index in [4.69, 9.17) is 23.2 Å². The normalized spacial score (nSPS) is 21.4. The van der Waals surface area contributed by atoms with Crippen molar-refractivity contribution in [3.8, 4) is 0 Å². The van der Waals surface area contributed by atoms with Crippen molar-refractivity contribution in [1.82, 2.24) is 4.90 Å². The van der Waals surface area contributed by atoms with Gasteiger partial charge in [0.1, 0.15) is 6.29 Å². The molecule has 0 aliphatic carbocycles. The minimum Gasteiger partial charge on any atom is -0.302 e. The number of hydrogen-bond donors (Lipinski definition) is 0. The second kappa shape index (κ2) is 5.85. The quantitative estimate of drug-likeness (QED) is 0.784. The van der Waals surface area contributed by atoms with E-state index in [-0.39, 0.29) is 6.04 Å². The van der Waals surface area contributed by atoms with Gasteiger partial charge in [-0.05, 0) is 37.1 Å². The Bertz CT molecular complexity index is 408. The van der Waals surface area contributed by atoms with Gasteiger partial charge in [-0.3, -0.25) is 4.90 Å². The van der Waals surface area contributed by atoms with E-state index in [1.165, 1.54) is 0 Å². The summed E-state index contributed by atoms with van der Waals surface area (Å²) in [5, 5.41) is 1.14. The first-order chi connectivity index (χ1) is 8.20. The molecule has 0 bridgehead atoms. The molecule has 1 aliphatic heterocycles. The number of aldehydes is 1. The van der Waals surface area contributed by atoms with Crippen LogP contribution in [0.15, 0.2) is 18.2 Å². The maximum Gasteiger partial charge on any atom is 0.137 e. The Hall–Kier alpha value is -0.570. The van der Waals surface area contributed by atoms with Gasteiger partial charge in [0.15, 0.2) is 0 Å². The summed E-state index contributed by atoms with van der Waals surface area (Å²) in [7, 11) is 0. The highest BCUT2D eigenvalue weighted by molar-refractivity contribution is 6.42. The van der Waals surface area contributed by atoms with Crippen LogP contribution in [0, 0.1) is 0 Å². The molecule has 1 heterocycles. The first-order valence-electron chi connectivity index (χ1n) is 5.84. The molecule has 1 atom stereocenters. The zero-order valence-electron chi connectivity index (χ0n) is 9.53. The number of nitrogens with zero attached hydrogens (tertiary/aromatic N) is 1. The molecule has 1 aromatic rings. The topological polar surface area (TPSA) is 20.3 Å². The van der Waals surface area contributed by atoms with Crippen LogP contribution in [0.1, 0.15) is 24.8 Å². The molecule has 17 heavy (non-hydrogen) atoms. The first kappa shape index (κ1) is 12.9. The van der Waals surface area contributed by atoms with Crippen LogP contribution in [0.5, 0.6) is 0 Å². The van der Waals surface area contributed by atoms with E-state index in [2.05, 4.69) is 4.90 Å². The standard InChI is InChI=1S/C13H15Cl2NO/c14-12-5-4-10(7-13(12)15)8-16-6-2-1-3-11(16)9-17/h4-5,7,9,11H,1-3,6,8H2/t11-/m0/s1. The van der Waals surface area contributed by atoms with Gasteiger partial charge in [0.2, 0.25) is 0 Å². The lowest BCUT2D eigenvalue weighted by molar-refractivity contribution is -0.113. The molecule has 0 amide bonds. The second-order valence-corrected chi connectivity index (χ2v) is 5.23. The molecule has 0 unspecified atom stereocenters. The average molecular weight is 272 g/mol. The molecule has 1 saturated heterocycles. The number of carbonyl (C=O) groups excluding carboxylic acids is 1. The van der Waals surface area contributed by atoms with E-state index in [9.17, 15) is 4.79 Å². The van der Waals surface area contributed by atoms with Crippen LogP contribution in [-0.2, 0) is 11.3 Å². The minimum atomic E-state index is 0.0539. The maximum atomic E-state index is 11.0. The summed E-state index contributed by atoms with van der Waals surface area (Å²) in [6.45, 7) is 1.74. The van der Waals surface area contributed by atoms with Crippen LogP contribution >= 0.6 is 23.2 Å². The van der Waals surface area contributed by atoms with Crippen molar-refractivity contribution in [2.24, 2.45) is 0 Å². The molecule has 0 N–H and O–H groups in total. The Labute approximate surface area is 112 Å². The third-order valence-electron chi connectivity index (χ3n) is 3.19. The zero-order valence-corrected chi connectivity index (χ0v) is 11.0. The molecule has 1 aliphatic rings. The Morgan fingerprint density at radius 2 is 2.12 bits per heavy atom. The van der Waals surface area contributed by atoms with Crippen molar-refractivity contribution >= 4 is 29.5 Å². The highest BCUT2D eigenvalue weighted by atomic mass is 35.5. The zero-order chi connectivity index (χ0) is 12.3. The summed E-state index contributed by atoms with van der Waals surface area (Å²) >= 11 is 11.9. The van der Waals surface area contributed by atoms with Crippen LogP contribution in [0.3, 0.4) is 0 Å². The Morgan fingerprint density at radius 3 is 2.82 bits per heavy atom. The summed E-state index contributed by atoms with van der Waals surface area (Å²) in [5.41, 5.74) is 1.10. The van der Waals surface area contributed by atoms with Crippen LogP contribution < -0.4 is 0 Å². The third-order valence-corrected chi connectivity index (χ3v) is 3.93. The lowest BCUT2D eigenvalue weighted by Crippen LogP contribution is -2.39. The van der Waals surface area contributed by atoms with Crippen LogP contribution in [0.2, 0.25) is 10.0 Å². The van der Waals surface area contributed by atoms with Gasteiger partial charge in [-0.1, -0.05) is 35.7 Å². The van der Waals surface area contributed by atoms with Crippen LogP contribution in [0.25, 0.3) is 0 Å². The largest absolute Gasteiger partial charge is 0.302 e. The van der Waals surface area contributed by atoms with Gasteiger partial charge in [0, 0.05) is 6.54 Å². The number of halogens is 2. The third kappa shape index (κ3) is 3.21.